The van der Waals surface area contributed by atoms with Gasteiger partial charge < -0.3 is 35.7 Å². The summed E-state index contributed by atoms with van der Waals surface area (Å²) < 4.78 is 4.95. The molecule has 17 heavy (non-hydrogen) atoms. The van der Waals surface area contributed by atoms with Crippen molar-refractivity contribution >= 4 is 0 Å². The molecule has 0 aliphatic rings. The van der Waals surface area contributed by atoms with Crippen LogP contribution in [0.15, 0.2) is 0 Å². The number of rotatable bonds is 6. The van der Waals surface area contributed by atoms with E-state index >= 15 is 0 Å². The van der Waals surface area contributed by atoms with Crippen LogP contribution in [0, 0.1) is 0 Å². The van der Waals surface area contributed by atoms with Crippen LogP contribution < -0.4 is 51.4 Å². The van der Waals surface area contributed by atoms with Crippen molar-refractivity contribution in [2.24, 2.45) is 0 Å². The fraction of sp³-hybridized carbons (Fsp3) is 1.00. The fourth-order valence-corrected chi connectivity index (χ4v) is 0.414. The number of aliphatic hydroxyl groups is 5. The first kappa shape index (κ1) is 26.8. The van der Waals surface area contributed by atoms with Gasteiger partial charge >= 0.3 is 51.4 Å². The molecule has 0 aliphatic carbocycles. The van der Waals surface area contributed by atoms with Gasteiger partial charge in [-0.3, -0.25) is 0 Å². The molecular weight excluding hydrogens is 259 g/mol. The summed E-state index contributed by atoms with van der Waals surface area (Å²) in [6, 6.07) is 0. The van der Waals surface area contributed by atoms with Gasteiger partial charge in [0.1, 0.15) is 6.10 Å². The van der Waals surface area contributed by atoms with Crippen LogP contribution in [0.1, 0.15) is 13.8 Å². The van der Waals surface area contributed by atoms with Gasteiger partial charge in [-0.2, -0.15) is 0 Å². The first-order chi connectivity index (χ1) is 6.97. The van der Waals surface area contributed by atoms with E-state index in [1.165, 1.54) is 0 Å². The van der Waals surface area contributed by atoms with E-state index in [1.807, 2.05) is 0 Å². The van der Waals surface area contributed by atoms with Crippen molar-refractivity contribution in [3.8, 4) is 0 Å². The van der Waals surface area contributed by atoms with Crippen LogP contribution >= 0.6 is 0 Å². The molecule has 102 valence electrons. The van der Waals surface area contributed by atoms with Crippen molar-refractivity contribution < 1.29 is 87.1 Å². The van der Waals surface area contributed by atoms with E-state index in [-0.39, 0.29) is 82.8 Å². The molecule has 0 aromatic carbocycles. The molecule has 0 bridgehead atoms. The molecule has 0 amide bonds. The third kappa shape index (κ3) is 26.8. The van der Waals surface area contributed by atoms with Crippen molar-refractivity contribution in [2.75, 3.05) is 26.4 Å². The quantitative estimate of drug-likeness (QED) is 0.307. The first-order valence-electron chi connectivity index (χ1n) is 4.78. The molecule has 7 nitrogen and oxygen atoms in total. The van der Waals surface area contributed by atoms with Gasteiger partial charge in [0.2, 0.25) is 0 Å². The summed E-state index contributed by atoms with van der Waals surface area (Å²) in [5.74, 6) is 0. The third-order valence-electron chi connectivity index (χ3n) is 1.30. The fourth-order valence-electron chi connectivity index (χ4n) is 0.414. The molecule has 0 saturated carbocycles. The maximum Gasteiger partial charge on any atom is 1.00 e. The van der Waals surface area contributed by atoms with E-state index in [1.54, 1.807) is 13.8 Å². The Hall–Kier alpha value is 1.36. The monoisotopic (exact) mass is 282 g/mol. The van der Waals surface area contributed by atoms with E-state index in [9.17, 15) is 0 Å². The van der Waals surface area contributed by atoms with Crippen molar-refractivity contribution in [2.45, 2.75) is 32.2 Å². The van der Waals surface area contributed by atoms with Gasteiger partial charge in [0, 0.05) is 0 Å². The third-order valence-corrected chi connectivity index (χ3v) is 1.30. The Balaban J connectivity index is -0.0000000945. The summed E-state index contributed by atoms with van der Waals surface area (Å²) in [6.45, 7) is 2.97. The number of ether oxygens (including phenoxy) is 1. The molecule has 0 spiro atoms. The molecule has 0 aromatic rings. The molecule has 0 radical (unpaired) electrons. The van der Waals surface area contributed by atoms with E-state index in [0.29, 0.717) is 6.61 Å². The van der Waals surface area contributed by atoms with Crippen molar-refractivity contribution in [1.82, 2.24) is 0 Å². The predicted molar refractivity (Wildman–Crippen MR) is 56.3 cm³/mol. The van der Waals surface area contributed by atoms with Crippen molar-refractivity contribution in [3.05, 3.63) is 0 Å². The minimum absolute atomic E-state index is 0. The maximum absolute atomic E-state index is 8.69. The van der Waals surface area contributed by atoms with Crippen LogP contribution in [0.5, 0.6) is 0 Å². The minimum atomic E-state index is -0.954. The number of hydrogen-bond acceptors (Lipinski definition) is 7. The zero-order chi connectivity index (χ0) is 12.3. The van der Waals surface area contributed by atoms with Gasteiger partial charge in [-0.15, -0.1) is 0 Å². The van der Waals surface area contributed by atoms with E-state index in [0.717, 1.165) is 0 Å². The van der Waals surface area contributed by atoms with E-state index in [4.69, 9.17) is 30.3 Å². The smallest absolute Gasteiger partial charge is 0.870 e. The average Bonchev–Trinajstić information content (AvgIpc) is 2.25. The zero-order valence-corrected chi connectivity index (χ0v) is 13.8. The molecule has 0 aliphatic heterocycles. The van der Waals surface area contributed by atoms with Gasteiger partial charge in [0.05, 0.1) is 38.6 Å². The molecule has 0 fully saturated rings. The van der Waals surface area contributed by atoms with Gasteiger partial charge in [0.15, 0.2) is 0 Å². The Morgan fingerprint density at radius 2 is 1.35 bits per heavy atom. The largest absolute Gasteiger partial charge is 1.00 e. The molecule has 0 saturated heterocycles. The van der Waals surface area contributed by atoms with E-state index < -0.39 is 12.2 Å². The van der Waals surface area contributed by atoms with Gasteiger partial charge in [-0.05, 0) is 13.8 Å². The van der Waals surface area contributed by atoms with Gasteiger partial charge in [-0.1, -0.05) is 0 Å². The average molecular weight is 282 g/mol. The van der Waals surface area contributed by atoms with Crippen LogP contribution in [0.4, 0.5) is 0 Å². The normalized spacial score (nSPS) is 12.7. The Labute approximate surface area is 144 Å². The van der Waals surface area contributed by atoms with Crippen LogP contribution in [-0.4, -0.2) is 75.7 Å². The van der Waals surface area contributed by atoms with Crippen LogP contribution in [0.3, 0.4) is 0 Å². The predicted octanol–water partition coefficient (Wildman–Crippen LogP) is -5.08. The molecule has 0 aromatic heterocycles. The van der Waals surface area contributed by atoms with Crippen molar-refractivity contribution in [3.63, 3.8) is 0 Å². The Morgan fingerprint density at radius 1 is 0.941 bits per heavy atom. The molecule has 2 atom stereocenters. The molecule has 0 heterocycles. The summed E-state index contributed by atoms with van der Waals surface area (Å²) in [7, 11) is 0. The molecule has 2 unspecified atom stereocenters. The number of aliphatic hydroxyl groups excluding tert-OH is 5. The van der Waals surface area contributed by atoms with Crippen LogP contribution in [0.2, 0.25) is 0 Å². The van der Waals surface area contributed by atoms with Gasteiger partial charge in [0.25, 0.3) is 0 Å². The van der Waals surface area contributed by atoms with Crippen molar-refractivity contribution in [1.29, 1.82) is 0 Å². The second-order valence-corrected chi connectivity index (χ2v) is 3.19. The van der Waals surface area contributed by atoms with Crippen LogP contribution in [-0.2, 0) is 4.74 Å². The summed E-state index contributed by atoms with van der Waals surface area (Å²) in [4.78, 5) is 0. The summed E-state index contributed by atoms with van der Waals surface area (Å²) >= 11 is 0. The molecular formula is C9H23KO7. The van der Waals surface area contributed by atoms with Gasteiger partial charge in [-0.25, -0.2) is 0 Å². The zero-order valence-electron chi connectivity index (χ0n) is 10.7. The molecule has 8 heteroatoms. The Bertz CT molecular complexity index is 122. The summed E-state index contributed by atoms with van der Waals surface area (Å²) in [5.41, 5.74) is 0. The second kappa shape index (κ2) is 19.7. The van der Waals surface area contributed by atoms with Crippen LogP contribution in [0.25, 0.3) is 0 Å². The SMILES string of the molecule is CC(O)COC(C)CO.OCC(O)CO.[K+].[OH-]. The molecule has 0 rings (SSSR count). The first-order valence-corrected chi connectivity index (χ1v) is 4.78. The minimum Gasteiger partial charge on any atom is -0.870 e. The second-order valence-electron chi connectivity index (χ2n) is 3.19. The summed E-state index contributed by atoms with van der Waals surface area (Å²) in [6.07, 6.45) is -1.57. The Morgan fingerprint density at radius 3 is 1.53 bits per heavy atom. The van der Waals surface area contributed by atoms with E-state index in [2.05, 4.69) is 0 Å². The maximum atomic E-state index is 8.69. The number of hydrogen-bond donors (Lipinski definition) is 5. The Kier molecular flexibility index (Phi) is 31.1. The summed E-state index contributed by atoms with van der Waals surface area (Å²) in [5, 5.41) is 41.1. The standard InChI is InChI=1S/C6H14O3.C3H8O3.K.H2O/c1-5(8)4-9-6(2)3-7;4-1-3(6)2-5;;/h5-8H,3-4H2,1-2H3;3-6H,1-2H2;;1H2/q;;+1;/p-1. The molecule has 6 N–H and O–H groups in total. The topological polar surface area (TPSA) is 140 Å².